The molecule has 0 radical (unpaired) electrons. The highest BCUT2D eigenvalue weighted by Crippen LogP contribution is 2.03. The summed E-state index contributed by atoms with van der Waals surface area (Å²) in [6.45, 7) is 5.96. The van der Waals surface area contributed by atoms with Crippen LogP contribution in [0.25, 0.3) is 6.08 Å². The first-order valence-electron chi connectivity index (χ1n) is 8.56. The van der Waals surface area contributed by atoms with Crippen molar-refractivity contribution in [3.8, 4) is 0 Å². The smallest absolute Gasteiger partial charge is 0.185 e. The van der Waals surface area contributed by atoms with Gasteiger partial charge in [0, 0.05) is 12.0 Å². The number of hydrogen-bond donors (Lipinski definition) is 0. The van der Waals surface area contributed by atoms with Crippen LogP contribution in [0.2, 0.25) is 0 Å². The molecule has 2 heteroatoms. The summed E-state index contributed by atoms with van der Waals surface area (Å²) < 4.78 is 0. The first-order valence-corrected chi connectivity index (χ1v) is 8.56. The maximum absolute atomic E-state index is 11.5. The molecule has 0 saturated heterocycles. The third kappa shape index (κ3) is 9.21. The van der Waals surface area contributed by atoms with E-state index in [-0.39, 0.29) is 11.6 Å². The van der Waals surface area contributed by atoms with Gasteiger partial charge in [0.15, 0.2) is 11.6 Å². The SMILES string of the molecule is CC(C)/C=C/C(=O)c1ccccc1.CCC(=O)/C=C/c1ccccc1. The van der Waals surface area contributed by atoms with Crippen LogP contribution in [0.1, 0.15) is 43.1 Å². The van der Waals surface area contributed by atoms with Crippen molar-refractivity contribution in [2.45, 2.75) is 27.2 Å². The van der Waals surface area contributed by atoms with Gasteiger partial charge in [0.05, 0.1) is 0 Å². The van der Waals surface area contributed by atoms with Gasteiger partial charge in [-0.15, -0.1) is 0 Å². The monoisotopic (exact) mass is 334 g/mol. The average molecular weight is 334 g/mol. The normalized spacial score (nSPS) is 10.7. The number of rotatable bonds is 6. The van der Waals surface area contributed by atoms with Crippen LogP contribution in [0, 0.1) is 5.92 Å². The molecule has 0 aliphatic carbocycles. The summed E-state index contributed by atoms with van der Waals surface area (Å²) >= 11 is 0. The van der Waals surface area contributed by atoms with Gasteiger partial charge in [0.25, 0.3) is 0 Å². The molecule has 0 aliphatic rings. The van der Waals surface area contributed by atoms with E-state index in [0.29, 0.717) is 12.3 Å². The van der Waals surface area contributed by atoms with Crippen LogP contribution in [0.15, 0.2) is 78.9 Å². The van der Waals surface area contributed by atoms with E-state index in [1.165, 1.54) is 0 Å². The highest BCUT2D eigenvalue weighted by molar-refractivity contribution is 6.04. The molecular formula is C23H26O2. The molecular weight excluding hydrogens is 308 g/mol. The molecule has 2 aromatic rings. The number of allylic oxidation sites excluding steroid dienone is 3. The molecule has 0 N–H and O–H groups in total. The number of ketones is 2. The molecule has 2 rings (SSSR count). The maximum Gasteiger partial charge on any atom is 0.185 e. The van der Waals surface area contributed by atoms with Gasteiger partial charge in [-0.1, -0.05) is 93.6 Å². The predicted molar refractivity (Wildman–Crippen MR) is 106 cm³/mol. The Morgan fingerprint density at radius 1 is 0.880 bits per heavy atom. The predicted octanol–water partition coefficient (Wildman–Crippen LogP) is 5.76. The number of carbonyl (C=O) groups excluding carboxylic acids is 2. The second-order valence-electron chi connectivity index (χ2n) is 5.90. The third-order valence-corrected chi connectivity index (χ3v) is 3.30. The standard InChI is InChI=1S/C12H14O.C11H12O/c1-10(2)8-9-12(13)11-6-4-3-5-7-11;1-2-11(12)9-8-10-6-4-3-5-7-10/h3-10H,1-2H3;3-9H,2H2,1H3/b2*9-8+. The number of benzene rings is 2. The van der Waals surface area contributed by atoms with E-state index in [9.17, 15) is 9.59 Å². The lowest BCUT2D eigenvalue weighted by atomic mass is 10.1. The van der Waals surface area contributed by atoms with E-state index < -0.39 is 0 Å². The van der Waals surface area contributed by atoms with E-state index in [0.717, 1.165) is 11.1 Å². The quantitative estimate of drug-likeness (QED) is 0.497. The number of carbonyl (C=O) groups is 2. The average Bonchev–Trinajstić information content (AvgIpc) is 2.66. The van der Waals surface area contributed by atoms with Crippen LogP contribution in [0.3, 0.4) is 0 Å². The summed E-state index contributed by atoms with van der Waals surface area (Å²) in [6.07, 6.45) is 7.58. The topological polar surface area (TPSA) is 34.1 Å². The van der Waals surface area contributed by atoms with Gasteiger partial charge < -0.3 is 0 Å². The van der Waals surface area contributed by atoms with Crippen molar-refractivity contribution >= 4 is 17.6 Å². The van der Waals surface area contributed by atoms with Gasteiger partial charge in [-0.2, -0.15) is 0 Å². The van der Waals surface area contributed by atoms with Gasteiger partial charge in [-0.3, -0.25) is 9.59 Å². The lowest BCUT2D eigenvalue weighted by Crippen LogP contribution is -1.93. The summed E-state index contributed by atoms with van der Waals surface area (Å²) in [5.41, 5.74) is 1.82. The molecule has 130 valence electrons. The minimum absolute atomic E-state index is 0.0781. The Morgan fingerprint density at radius 3 is 1.96 bits per heavy atom. The molecule has 0 atom stereocenters. The molecule has 0 aliphatic heterocycles. The van der Waals surface area contributed by atoms with Crippen molar-refractivity contribution in [2.75, 3.05) is 0 Å². The molecule has 2 nitrogen and oxygen atoms in total. The van der Waals surface area contributed by atoms with Gasteiger partial charge in [-0.25, -0.2) is 0 Å². The lowest BCUT2D eigenvalue weighted by molar-refractivity contribution is -0.114. The molecule has 25 heavy (non-hydrogen) atoms. The van der Waals surface area contributed by atoms with Gasteiger partial charge in [0.2, 0.25) is 0 Å². The highest BCUT2D eigenvalue weighted by atomic mass is 16.1. The fourth-order valence-electron chi connectivity index (χ4n) is 1.85. The van der Waals surface area contributed by atoms with Crippen LogP contribution in [-0.2, 0) is 4.79 Å². The zero-order valence-corrected chi connectivity index (χ0v) is 15.2. The van der Waals surface area contributed by atoms with Crippen molar-refractivity contribution < 1.29 is 9.59 Å². The Kier molecular flexibility index (Phi) is 9.54. The van der Waals surface area contributed by atoms with Crippen LogP contribution in [0.5, 0.6) is 0 Å². The van der Waals surface area contributed by atoms with Crippen molar-refractivity contribution in [2.24, 2.45) is 5.92 Å². The second kappa shape index (κ2) is 11.7. The minimum atomic E-state index is 0.0781. The third-order valence-electron chi connectivity index (χ3n) is 3.30. The van der Waals surface area contributed by atoms with E-state index in [1.807, 2.05) is 79.7 Å². The number of hydrogen-bond acceptors (Lipinski definition) is 2. The van der Waals surface area contributed by atoms with Gasteiger partial charge in [-0.05, 0) is 23.6 Å². The fraction of sp³-hybridized carbons (Fsp3) is 0.217. The van der Waals surface area contributed by atoms with Crippen LogP contribution in [0.4, 0.5) is 0 Å². The minimum Gasteiger partial charge on any atom is -0.295 e. The lowest BCUT2D eigenvalue weighted by Gasteiger charge is -1.95. The van der Waals surface area contributed by atoms with E-state index >= 15 is 0 Å². The Balaban J connectivity index is 0.000000251. The molecule has 0 spiro atoms. The van der Waals surface area contributed by atoms with Gasteiger partial charge in [0.1, 0.15) is 0 Å². The van der Waals surface area contributed by atoms with Crippen LogP contribution in [-0.4, -0.2) is 11.6 Å². The Bertz CT molecular complexity index is 695. The van der Waals surface area contributed by atoms with Crippen LogP contribution < -0.4 is 0 Å². The largest absolute Gasteiger partial charge is 0.295 e. The van der Waals surface area contributed by atoms with E-state index in [1.54, 1.807) is 12.2 Å². The zero-order valence-electron chi connectivity index (χ0n) is 15.2. The summed E-state index contributed by atoms with van der Waals surface area (Å²) in [5.74, 6) is 0.667. The van der Waals surface area contributed by atoms with Crippen molar-refractivity contribution in [3.05, 3.63) is 90.0 Å². The molecule has 2 aromatic carbocycles. The Morgan fingerprint density at radius 2 is 1.44 bits per heavy atom. The summed E-state index contributed by atoms with van der Waals surface area (Å²) in [7, 11) is 0. The molecule has 0 unspecified atom stereocenters. The van der Waals surface area contributed by atoms with Crippen molar-refractivity contribution in [1.82, 2.24) is 0 Å². The fourth-order valence-corrected chi connectivity index (χ4v) is 1.85. The molecule has 0 saturated carbocycles. The summed E-state index contributed by atoms with van der Waals surface area (Å²) in [6, 6.07) is 19.1. The van der Waals surface area contributed by atoms with E-state index in [2.05, 4.69) is 13.8 Å². The molecule has 0 bridgehead atoms. The van der Waals surface area contributed by atoms with Gasteiger partial charge >= 0.3 is 0 Å². The van der Waals surface area contributed by atoms with E-state index in [4.69, 9.17) is 0 Å². The van der Waals surface area contributed by atoms with Crippen LogP contribution >= 0.6 is 0 Å². The Labute approximate surface area is 150 Å². The first-order chi connectivity index (χ1) is 12.0. The summed E-state index contributed by atoms with van der Waals surface area (Å²) in [4.78, 5) is 22.4. The second-order valence-corrected chi connectivity index (χ2v) is 5.90. The molecule has 0 aromatic heterocycles. The molecule has 0 amide bonds. The van der Waals surface area contributed by atoms with Crippen molar-refractivity contribution in [1.29, 1.82) is 0 Å². The highest BCUT2D eigenvalue weighted by Gasteiger charge is 1.98. The maximum atomic E-state index is 11.5. The molecule has 0 fully saturated rings. The first kappa shape index (κ1) is 20.3. The Hall–Kier alpha value is -2.74. The molecule has 0 heterocycles. The van der Waals surface area contributed by atoms with Crippen molar-refractivity contribution in [3.63, 3.8) is 0 Å². The summed E-state index contributed by atoms with van der Waals surface area (Å²) in [5, 5.41) is 0. The zero-order chi connectivity index (χ0) is 18.5.